The topological polar surface area (TPSA) is 67.9 Å². The van der Waals surface area contributed by atoms with Gasteiger partial charge < -0.3 is 19.7 Å². The van der Waals surface area contributed by atoms with Gasteiger partial charge in [-0.25, -0.2) is 4.79 Å². The van der Waals surface area contributed by atoms with Gasteiger partial charge in [-0.1, -0.05) is 0 Å². The predicted octanol–water partition coefficient (Wildman–Crippen LogP) is 2.32. The molecule has 23 heavy (non-hydrogen) atoms. The number of nitrogens with one attached hydrogen (secondary N) is 1. The SMILES string of the molecule is COCC1C[C@H](NC(=O)OC(C)(C)C)CCC1N1CCCC1=O. The molecular formula is C17H30N2O4. The number of likely N-dealkylation sites (tertiary alicyclic amines) is 1. The first kappa shape index (κ1) is 18.0. The van der Waals surface area contributed by atoms with Crippen molar-refractivity contribution >= 4 is 12.0 Å². The molecule has 6 heteroatoms. The number of nitrogens with zero attached hydrogens (tertiary/aromatic N) is 1. The van der Waals surface area contributed by atoms with Crippen LogP contribution in [0.25, 0.3) is 0 Å². The highest BCUT2D eigenvalue weighted by molar-refractivity contribution is 5.78. The summed E-state index contributed by atoms with van der Waals surface area (Å²) in [6.45, 7) is 7.04. The molecule has 0 spiro atoms. The minimum absolute atomic E-state index is 0.0824. The highest BCUT2D eigenvalue weighted by Crippen LogP contribution is 2.31. The Balaban J connectivity index is 1.93. The van der Waals surface area contributed by atoms with Crippen LogP contribution < -0.4 is 5.32 Å². The van der Waals surface area contributed by atoms with E-state index in [2.05, 4.69) is 5.32 Å². The minimum Gasteiger partial charge on any atom is -0.444 e. The van der Waals surface area contributed by atoms with Crippen molar-refractivity contribution in [2.45, 2.75) is 70.6 Å². The van der Waals surface area contributed by atoms with Gasteiger partial charge in [-0.2, -0.15) is 0 Å². The number of hydrogen-bond donors (Lipinski definition) is 1. The summed E-state index contributed by atoms with van der Waals surface area (Å²) >= 11 is 0. The summed E-state index contributed by atoms with van der Waals surface area (Å²) in [5.41, 5.74) is -0.491. The van der Waals surface area contributed by atoms with Crippen molar-refractivity contribution in [1.29, 1.82) is 0 Å². The summed E-state index contributed by atoms with van der Waals surface area (Å²) in [6.07, 6.45) is 3.84. The fourth-order valence-electron chi connectivity index (χ4n) is 3.68. The van der Waals surface area contributed by atoms with Crippen LogP contribution in [0, 0.1) is 5.92 Å². The maximum Gasteiger partial charge on any atom is 0.407 e. The highest BCUT2D eigenvalue weighted by atomic mass is 16.6. The Labute approximate surface area is 138 Å². The highest BCUT2D eigenvalue weighted by Gasteiger charge is 2.38. The van der Waals surface area contributed by atoms with Crippen LogP contribution in [0.1, 0.15) is 52.9 Å². The number of alkyl carbamates (subject to hydrolysis) is 1. The Morgan fingerprint density at radius 2 is 2.09 bits per heavy atom. The molecule has 6 nitrogen and oxygen atoms in total. The average Bonchev–Trinajstić information content (AvgIpc) is 2.83. The van der Waals surface area contributed by atoms with E-state index in [0.29, 0.717) is 13.0 Å². The van der Waals surface area contributed by atoms with E-state index in [1.54, 1.807) is 7.11 Å². The second kappa shape index (κ2) is 7.51. The standard InChI is InChI=1S/C17H30N2O4/c1-17(2,3)23-16(21)18-13-7-8-14(12(10-13)11-22-4)19-9-5-6-15(19)20/h12-14H,5-11H2,1-4H3,(H,18,21)/t12?,13-,14?/m1/s1. The van der Waals surface area contributed by atoms with Crippen LogP contribution in [0.3, 0.4) is 0 Å². The number of methoxy groups -OCH3 is 1. The van der Waals surface area contributed by atoms with Gasteiger partial charge in [-0.3, -0.25) is 4.79 Å². The maximum absolute atomic E-state index is 12.0. The van der Waals surface area contributed by atoms with E-state index in [9.17, 15) is 9.59 Å². The second-order valence-electron chi connectivity index (χ2n) is 7.63. The molecule has 1 heterocycles. The summed E-state index contributed by atoms with van der Waals surface area (Å²) in [6, 6.07) is 0.320. The Morgan fingerprint density at radius 3 is 2.65 bits per heavy atom. The minimum atomic E-state index is -0.491. The van der Waals surface area contributed by atoms with E-state index >= 15 is 0 Å². The van der Waals surface area contributed by atoms with E-state index in [1.165, 1.54) is 0 Å². The van der Waals surface area contributed by atoms with Crippen LogP contribution in [0.4, 0.5) is 4.79 Å². The van der Waals surface area contributed by atoms with Crippen LogP contribution in [-0.4, -0.2) is 54.8 Å². The van der Waals surface area contributed by atoms with Gasteiger partial charge in [0.2, 0.25) is 5.91 Å². The third-order valence-electron chi connectivity index (χ3n) is 4.55. The van der Waals surface area contributed by atoms with Gasteiger partial charge in [-0.05, 0) is 46.5 Å². The third kappa shape index (κ3) is 5.09. The van der Waals surface area contributed by atoms with Gasteiger partial charge in [0.15, 0.2) is 0 Å². The van der Waals surface area contributed by atoms with Crippen molar-refractivity contribution in [3.05, 3.63) is 0 Å². The molecule has 1 saturated heterocycles. The first-order chi connectivity index (χ1) is 10.8. The Kier molecular flexibility index (Phi) is 5.89. The Hall–Kier alpha value is -1.30. The summed E-state index contributed by atoms with van der Waals surface area (Å²) in [7, 11) is 1.69. The third-order valence-corrected chi connectivity index (χ3v) is 4.55. The Morgan fingerprint density at radius 1 is 1.35 bits per heavy atom. The van der Waals surface area contributed by atoms with Crippen LogP contribution in [-0.2, 0) is 14.3 Å². The van der Waals surface area contributed by atoms with Crippen LogP contribution in [0.15, 0.2) is 0 Å². The molecule has 0 radical (unpaired) electrons. The molecule has 0 aromatic heterocycles. The zero-order valence-corrected chi connectivity index (χ0v) is 14.8. The number of carbonyl (C=O) groups is 2. The Bertz CT molecular complexity index is 433. The number of carbonyl (C=O) groups excluding carboxylic acids is 2. The van der Waals surface area contributed by atoms with Crippen LogP contribution in [0.2, 0.25) is 0 Å². The molecule has 0 aromatic carbocycles. The summed E-state index contributed by atoms with van der Waals surface area (Å²) < 4.78 is 10.7. The number of rotatable bonds is 4. The molecule has 132 valence electrons. The lowest BCUT2D eigenvalue weighted by Gasteiger charge is -2.41. The van der Waals surface area contributed by atoms with E-state index in [1.807, 2.05) is 25.7 Å². The lowest BCUT2D eigenvalue weighted by molar-refractivity contribution is -0.132. The molecule has 2 unspecified atom stereocenters. The summed E-state index contributed by atoms with van der Waals surface area (Å²) in [5.74, 6) is 0.519. The van der Waals surface area contributed by atoms with Gasteiger partial charge in [0.25, 0.3) is 0 Å². The van der Waals surface area contributed by atoms with Gasteiger partial charge >= 0.3 is 6.09 Å². The van der Waals surface area contributed by atoms with Crippen molar-refractivity contribution in [3.63, 3.8) is 0 Å². The van der Waals surface area contributed by atoms with E-state index in [0.717, 1.165) is 32.2 Å². The molecule has 3 atom stereocenters. The molecule has 1 N–H and O–H groups in total. The maximum atomic E-state index is 12.0. The van der Waals surface area contributed by atoms with Crippen molar-refractivity contribution in [2.75, 3.05) is 20.3 Å². The van der Waals surface area contributed by atoms with Gasteiger partial charge in [0.1, 0.15) is 5.60 Å². The normalized spacial score (nSPS) is 28.8. The number of hydrogen-bond acceptors (Lipinski definition) is 4. The lowest BCUT2D eigenvalue weighted by atomic mass is 9.81. The zero-order chi connectivity index (χ0) is 17.0. The average molecular weight is 326 g/mol. The van der Waals surface area contributed by atoms with Gasteiger partial charge in [0, 0.05) is 38.1 Å². The molecule has 1 saturated carbocycles. The second-order valence-corrected chi connectivity index (χ2v) is 7.63. The lowest BCUT2D eigenvalue weighted by Crippen LogP contribution is -2.51. The van der Waals surface area contributed by atoms with Gasteiger partial charge in [-0.15, -0.1) is 0 Å². The van der Waals surface area contributed by atoms with Crippen molar-refractivity contribution in [1.82, 2.24) is 10.2 Å². The van der Waals surface area contributed by atoms with Gasteiger partial charge in [0.05, 0.1) is 6.61 Å². The first-order valence-electron chi connectivity index (χ1n) is 8.58. The number of ether oxygens (including phenoxy) is 2. The quantitative estimate of drug-likeness (QED) is 0.861. The van der Waals surface area contributed by atoms with E-state index in [4.69, 9.17) is 9.47 Å². The van der Waals surface area contributed by atoms with Crippen molar-refractivity contribution in [2.24, 2.45) is 5.92 Å². The predicted molar refractivity (Wildman–Crippen MR) is 87.1 cm³/mol. The molecular weight excluding hydrogens is 296 g/mol. The molecule has 0 bridgehead atoms. The smallest absolute Gasteiger partial charge is 0.407 e. The van der Waals surface area contributed by atoms with E-state index < -0.39 is 5.60 Å². The monoisotopic (exact) mass is 326 g/mol. The zero-order valence-electron chi connectivity index (χ0n) is 14.8. The summed E-state index contributed by atoms with van der Waals surface area (Å²) in [4.78, 5) is 26.0. The molecule has 0 aromatic rings. The fraction of sp³-hybridized carbons (Fsp3) is 0.882. The molecule has 2 aliphatic rings. The molecule has 2 rings (SSSR count). The fourth-order valence-corrected chi connectivity index (χ4v) is 3.68. The first-order valence-corrected chi connectivity index (χ1v) is 8.58. The van der Waals surface area contributed by atoms with Crippen LogP contribution >= 0.6 is 0 Å². The largest absolute Gasteiger partial charge is 0.444 e. The van der Waals surface area contributed by atoms with Crippen LogP contribution in [0.5, 0.6) is 0 Å². The molecule has 1 aliphatic carbocycles. The molecule has 1 aliphatic heterocycles. The van der Waals surface area contributed by atoms with Crippen molar-refractivity contribution < 1.29 is 19.1 Å². The molecule has 2 amide bonds. The van der Waals surface area contributed by atoms with E-state index in [-0.39, 0.29) is 30.0 Å². The number of amides is 2. The molecule has 2 fully saturated rings. The van der Waals surface area contributed by atoms with Crippen molar-refractivity contribution in [3.8, 4) is 0 Å². The summed E-state index contributed by atoms with van der Waals surface area (Å²) in [5, 5.41) is 2.97.